The third-order valence-corrected chi connectivity index (χ3v) is 4.02. The van der Waals surface area contributed by atoms with Crippen LogP contribution in [0.15, 0.2) is 12.7 Å². The van der Waals surface area contributed by atoms with Gasteiger partial charge in [0.2, 0.25) is 0 Å². The summed E-state index contributed by atoms with van der Waals surface area (Å²) in [5, 5.41) is 29.2. The van der Waals surface area contributed by atoms with Crippen LogP contribution in [0.25, 0.3) is 11.2 Å². The summed E-state index contributed by atoms with van der Waals surface area (Å²) in [7, 11) is 3.96. The summed E-state index contributed by atoms with van der Waals surface area (Å²) in [6.07, 6.45) is -0.307. The number of aromatic nitrogens is 4. The highest BCUT2D eigenvalue weighted by atomic mass is 16.6. The van der Waals surface area contributed by atoms with Crippen molar-refractivity contribution in [3.05, 3.63) is 18.3 Å². The molecule has 2 aromatic heterocycles. The lowest BCUT2D eigenvalue weighted by atomic mass is 10.1. The second kappa shape index (κ2) is 6.46. The zero-order valence-electron chi connectivity index (χ0n) is 13.1. The van der Waals surface area contributed by atoms with E-state index in [4.69, 9.17) is 4.74 Å². The van der Waals surface area contributed by atoms with Crippen molar-refractivity contribution in [2.24, 2.45) is 0 Å². The van der Waals surface area contributed by atoms with Crippen LogP contribution in [-0.4, -0.2) is 85.3 Å². The summed E-state index contributed by atoms with van der Waals surface area (Å²) in [6, 6.07) is 0. The molecule has 0 radical (unpaired) electrons. The minimum Gasteiger partial charge on any atom is -0.394 e. The lowest BCUT2D eigenvalue weighted by molar-refractivity contribution is -0.0511. The molecule has 126 valence electrons. The highest BCUT2D eigenvalue weighted by molar-refractivity contribution is 5.73. The van der Waals surface area contributed by atoms with Crippen LogP contribution < -0.4 is 0 Å². The number of aliphatic hydroxyl groups excluding tert-OH is 3. The monoisotopic (exact) mass is 323 g/mol. The van der Waals surface area contributed by atoms with Crippen LogP contribution >= 0.6 is 0 Å². The van der Waals surface area contributed by atoms with Crippen LogP contribution in [0.5, 0.6) is 0 Å². The van der Waals surface area contributed by atoms with E-state index in [1.807, 2.05) is 14.1 Å². The molecular formula is C14H21N5O4. The Morgan fingerprint density at radius 1 is 1.22 bits per heavy atom. The van der Waals surface area contributed by atoms with Gasteiger partial charge in [0.1, 0.15) is 30.2 Å². The fraction of sp³-hybridized carbons (Fsp3) is 0.643. The van der Waals surface area contributed by atoms with Crippen LogP contribution in [0.2, 0.25) is 0 Å². The highest BCUT2D eigenvalue weighted by Gasteiger charge is 2.43. The molecule has 0 bridgehead atoms. The molecule has 23 heavy (non-hydrogen) atoms. The van der Waals surface area contributed by atoms with Crippen molar-refractivity contribution in [1.82, 2.24) is 24.4 Å². The number of hydrogen-bond acceptors (Lipinski definition) is 8. The van der Waals surface area contributed by atoms with E-state index < -0.39 is 24.5 Å². The quantitative estimate of drug-likeness (QED) is 0.611. The zero-order chi connectivity index (χ0) is 16.6. The zero-order valence-corrected chi connectivity index (χ0v) is 13.1. The molecular weight excluding hydrogens is 302 g/mol. The Morgan fingerprint density at radius 2 is 2.00 bits per heavy atom. The number of likely N-dealkylation sites (N-methyl/N-ethyl adjacent to an activating group) is 1. The predicted octanol–water partition coefficient (Wildman–Crippen LogP) is -1.46. The fourth-order valence-corrected chi connectivity index (χ4v) is 2.71. The summed E-state index contributed by atoms with van der Waals surface area (Å²) in [4.78, 5) is 14.9. The topological polar surface area (TPSA) is 117 Å². The lowest BCUT2D eigenvalue weighted by Gasteiger charge is -2.16. The molecule has 9 nitrogen and oxygen atoms in total. The van der Waals surface area contributed by atoms with Crippen molar-refractivity contribution >= 4 is 11.2 Å². The Hall–Kier alpha value is -1.65. The predicted molar refractivity (Wildman–Crippen MR) is 80.6 cm³/mol. The molecule has 1 saturated heterocycles. The summed E-state index contributed by atoms with van der Waals surface area (Å²) in [6.45, 7) is 0.456. The molecule has 0 amide bonds. The molecule has 3 rings (SSSR count). The SMILES string of the molecule is CN(C)CCc1ncnc2c1ncn2[C@@H]1O[C@H](CO)[C@@H](O)[C@H]1O. The summed E-state index contributed by atoms with van der Waals surface area (Å²) in [5.41, 5.74) is 1.99. The van der Waals surface area contributed by atoms with Crippen molar-refractivity contribution in [3.63, 3.8) is 0 Å². The summed E-state index contributed by atoms with van der Waals surface area (Å²) < 4.78 is 7.10. The Morgan fingerprint density at radius 3 is 2.65 bits per heavy atom. The first-order valence-electron chi connectivity index (χ1n) is 7.46. The Kier molecular flexibility index (Phi) is 4.55. The first kappa shape index (κ1) is 16.2. The molecule has 2 aromatic rings. The first-order chi connectivity index (χ1) is 11.0. The number of ether oxygens (including phenoxy) is 1. The molecule has 1 fully saturated rings. The summed E-state index contributed by atoms with van der Waals surface area (Å²) in [5.74, 6) is 0. The molecule has 0 saturated carbocycles. The molecule has 9 heteroatoms. The second-order valence-electron chi connectivity index (χ2n) is 5.93. The number of hydrogen-bond donors (Lipinski definition) is 3. The number of aliphatic hydroxyl groups is 3. The van der Waals surface area contributed by atoms with E-state index in [-0.39, 0.29) is 6.61 Å². The molecule has 0 spiro atoms. The van der Waals surface area contributed by atoms with Crippen LogP contribution in [0.4, 0.5) is 0 Å². The van der Waals surface area contributed by atoms with E-state index in [0.717, 1.165) is 18.7 Å². The molecule has 1 aliphatic rings. The normalized spacial score (nSPS) is 28.1. The van der Waals surface area contributed by atoms with Crippen molar-refractivity contribution in [1.29, 1.82) is 0 Å². The van der Waals surface area contributed by atoms with Gasteiger partial charge in [-0.2, -0.15) is 0 Å². The minimum atomic E-state index is -1.16. The van der Waals surface area contributed by atoms with Gasteiger partial charge in [0.25, 0.3) is 0 Å². The van der Waals surface area contributed by atoms with Crippen molar-refractivity contribution in [2.75, 3.05) is 27.2 Å². The Bertz CT molecular complexity index is 676. The van der Waals surface area contributed by atoms with Crippen molar-refractivity contribution in [2.45, 2.75) is 31.0 Å². The second-order valence-corrected chi connectivity index (χ2v) is 5.93. The molecule has 0 aromatic carbocycles. The number of fused-ring (bicyclic) bond motifs is 1. The van der Waals surface area contributed by atoms with Gasteiger partial charge in [-0.25, -0.2) is 15.0 Å². The van der Waals surface area contributed by atoms with Gasteiger partial charge in [-0.15, -0.1) is 0 Å². The maximum absolute atomic E-state index is 10.2. The lowest BCUT2D eigenvalue weighted by Crippen LogP contribution is -2.33. The van der Waals surface area contributed by atoms with E-state index in [1.54, 1.807) is 4.57 Å². The molecule has 4 atom stereocenters. The molecule has 3 N–H and O–H groups in total. The largest absolute Gasteiger partial charge is 0.394 e. The number of nitrogens with zero attached hydrogens (tertiary/aromatic N) is 5. The molecule has 0 unspecified atom stereocenters. The van der Waals surface area contributed by atoms with E-state index in [2.05, 4.69) is 19.9 Å². The minimum absolute atomic E-state index is 0.371. The van der Waals surface area contributed by atoms with Crippen LogP contribution in [0.3, 0.4) is 0 Å². The van der Waals surface area contributed by atoms with Crippen LogP contribution in [0, 0.1) is 0 Å². The van der Waals surface area contributed by atoms with Gasteiger partial charge < -0.3 is 25.0 Å². The van der Waals surface area contributed by atoms with Gasteiger partial charge in [0, 0.05) is 13.0 Å². The standard InChI is InChI=1S/C14H21N5O4/c1-18(2)4-3-8-10-13(16-6-15-8)19(7-17-10)14-12(22)11(21)9(5-20)23-14/h6-7,9,11-12,14,20-22H,3-5H2,1-2H3/t9-,11-,12-,14-/m1/s1. The Balaban J connectivity index is 1.93. The number of imidazole rings is 1. The average Bonchev–Trinajstić information content (AvgIpc) is 3.08. The van der Waals surface area contributed by atoms with E-state index in [9.17, 15) is 15.3 Å². The van der Waals surface area contributed by atoms with E-state index in [1.165, 1.54) is 12.7 Å². The maximum atomic E-state index is 10.2. The highest BCUT2D eigenvalue weighted by Crippen LogP contribution is 2.31. The molecule has 1 aliphatic heterocycles. The number of rotatable bonds is 5. The van der Waals surface area contributed by atoms with Gasteiger partial charge in [0.05, 0.1) is 18.6 Å². The van der Waals surface area contributed by atoms with Gasteiger partial charge in [0.15, 0.2) is 11.9 Å². The van der Waals surface area contributed by atoms with Gasteiger partial charge >= 0.3 is 0 Å². The average molecular weight is 323 g/mol. The molecule has 3 heterocycles. The maximum Gasteiger partial charge on any atom is 0.165 e. The van der Waals surface area contributed by atoms with Crippen LogP contribution in [0.1, 0.15) is 11.9 Å². The smallest absolute Gasteiger partial charge is 0.165 e. The van der Waals surface area contributed by atoms with E-state index >= 15 is 0 Å². The van der Waals surface area contributed by atoms with Gasteiger partial charge in [-0.1, -0.05) is 0 Å². The van der Waals surface area contributed by atoms with Crippen molar-refractivity contribution < 1.29 is 20.1 Å². The van der Waals surface area contributed by atoms with Gasteiger partial charge in [-0.05, 0) is 14.1 Å². The van der Waals surface area contributed by atoms with E-state index in [0.29, 0.717) is 11.2 Å². The third kappa shape index (κ3) is 2.93. The van der Waals surface area contributed by atoms with Gasteiger partial charge in [-0.3, -0.25) is 4.57 Å². The Labute approximate surface area is 133 Å². The molecule has 0 aliphatic carbocycles. The van der Waals surface area contributed by atoms with Crippen LogP contribution in [-0.2, 0) is 11.2 Å². The third-order valence-electron chi connectivity index (χ3n) is 4.02. The fourth-order valence-electron chi connectivity index (χ4n) is 2.71. The first-order valence-corrected chi connectivity index (χ1v) is 7.46. The van der Waals surface area contributed by atoms with Crippen molar-refractivity contribution in [3.8, 4) is 0 Å². The summed E-state index contributed by atoms with van der Waals surface area (Å²) >= 11 is 0.